The van der Waals surface area contributed by atoms with E-state index in [-0.39, 0.29) is 11.7 Å². The number of aromatic nitrogens is 4. The summed E-state index contributed by atoms with van der Waals surface area (Å²) in [5, 5.41) is 23.3. The third-order valence-electron chi connectivity index (χ3n) is 1.81. The van der Waals surface area contributed by atoms with E-state index in [0.29, 0.717) is 0 Å². The zero-order chi connectivity index (χ0) is 13.1. The van der Waals surface area contributed by atoms with Crippen LogP contribution in [0.2, 0.25) is 0 Å². The molecule has 0 fully saturated rings. The van der Waals surface area contributed by atoms with Gasteiger partial charge < -0.3 is 4.42 Å². The Balaban J connectivity index is 2.11. The molecule has 0 aromatic carbocycles. The highest BCUT2D eigenvalue weighted by Gasteiger charge is 2.18. The molecule has 0 bridgehead atoms. The fourth-order valence-corrected chi connectivity index (χ4v) is 1.06. The van der Waals surface area contributed by atoms with E-state index in [1.807, 2.05) is 0 Å². The molecule has 10 nitrogen and oxygen atoms in total. The first kappa shape index (κ1) is 11.4. The largest absolute Gasteiger partial charge is 0.433 e. The van der Waals surface area contributed by atoms with Crippen molar-refractivity contribution in [2.75, 3.05) is 5.32 Å². The van der Waals surface area contributed by atoms with Crippen LogP contribution in [0.3, 0.4) is 0 Å². The number of nitrogens with zero attached hydrogens (tertiary/aromatic N) is 5. The monoisotopic (exact) mass is 250 g/mol. The Morgan fingerprint density at radius 2 is 2.39 bits per heavy atom. The normalized spacial score (nSPS) is 10.0. The minimum absolute atomic E-state index is 0.0704. The van der Waals surface area contributed by atoms with E-state index in [0.717, 1.165) is 10.9 Å². The maximum atomic E-state index is 11.6. The highest BCUT2D eigenvalue weighted by atomic mass is 16.6. The molecule has 18 heavy (non-hydrogen) atoms. The molecule has 0 radical (unpaired) electrons. The molecule has 1 amide bonds. The Morgan fingerprint density at radius 1 is 1.61 bits per heavy atom. The number of nitro groups is 1. The van der Waals surface area contributed by atoms with Crippen LogP contribution in [0.25, 0.3) is 6.20 Å². The first-order valence-electron chi connectivity index (χ1n) is 4.58. The second kappa shape index (κ2) is 4.45. The van der Waals surface area contributed by atoms with E-state index in [2.05, 4.69) is 27.3 Å². The lowest BCUT2D eigenvalue weighted by Gasteiger charge is -1.94. The maximum absolute atomic E-state index is 11.6. The number of rotatable bonds is 4. The Hall–Kier alpha value is -3.04. The van der Waals surface area contributed by atoms with Crippen LogP contribution in [-0.4, -0.2) is 31.0 Å². The van der Waals surface area contributed by atoms with Gasteiger partial charge in [0.2, 0.25) is 0 Å². The van der Waals surface area contributed by atoms with Crippen molar-refractivity contribution >= 4 is 23.9 Å². The first-order valence-corrected chi connectivity index (χ1v) is 4.58. The molecule has 1 N–H and O–H groups in total. The Bertz CT molecular complexity index is 615. The van der Waals surface area contributed by atoms with E-state index >= 15 is 0 Å². The SMILES string of the molecule is C=Cn1nnc(NC(=O)c2ccc([N+](=O)[O-])o2)n1. The summed E-state index contributed by atoms with van der Waals surface area (Å²) in [6, 6.07) is 2.24. The van der Waals surface area contributed by atoms with Crippen LogP contribution in [0.1, 0.15) is 10.6 Å². The van der Waals surface area contributed by atoms with Crippen LogP contribution in [-0.2, 0) is 0 Å². The molecule has 0 unspecified atom stereocenters. The molecular weight excluding hydrogens is 244 g/mol. The van der Waals surface area contributed by atoms with Gasteiger partial charge in [-0.05, 0) is 11.3 Å². The smallest absolute Gasteiger partial charge is 0.395 e. The minimum atomic E-state index is -0.747. The lowest BCUT2D eigenvalue weighted by Crippen LogP contribution is -2.12. The van der Waals surface area contributed by atoms with Crippen LogP contribution in [0.15, 0.2) is 23.1 Å². The predicted octanol–water partition coefficient (Wildman–Crippen LogP) is 0.527. The van der Waals surface area contributed by atoms with E-state index in [1.165, 1.54) is 12.3 Å². The molecule has 2 rings (SSSR count). The van der Waals surface area contributed by atoms with Crippen molar-refractivity contribution in [2.45, 2.75) is 0 Å². The molecule has 0 aliphatic carbocycles. The molecular formula is C8H6N6O4. The summed E-state index contributed by atoms with van der Waals surface area (Å²) >= 11 is 0. The molecule has 10 heteroatoms. The van der Waals surface area contributed by atoms with Gasteiger partial charge in [-0.3, -0.25) is 20.2 Å². The number of anilines is 1. The lowest BCUT2D eigenvalue weighted by atomic mass is 10.4. The molecule has 0 saturated heterocycles. The molecule has 0 saturated carbocycles. The molecule has 0 aliphatic heterocycles. The van der Waals surface area contributed by atoms with Gasteiger partial charge in [-0.25, -0.2) is 0 Å². The zero-order valence-electron chi connectivity index (χ0n) is 8.81. The van der Waals surface area contributed by atoms with Crippen LogP contribution < -0.4 is 5.32 Å². The van der Waals surface area contributed by atoms with E-state index in [9.17, 15) is 14.9 Å². The molecule has 2 aromatic heterocycles. The summed E-state index contributed by atoms with van der Waals surface area (Å²) in [6.07, 6.45) is 1.28. The number of carbonyl (C=O) groups is 1. The van der Waals surface area contributed by atoms with Crippen molar-refractivity contribution in [3.05, 3.63) is 34.6 Å². The standard InChI is InChI=1S/C8H6N6O4/c1-2-13-11-8(10-12-13)9-7(15)5-3-4-6(18-5)14(16)17/h2-4H,1H2,(H,9,11,15). The number of hydrogen-bond donors (Lipinski definition) is 1. The fraction of sp³-hybridized carbons (Fsp3) is 0. The number of furan rings is 1. The minimum Gasteiger partial charge on any atom is -0.395 e. The second-order valence-electron chi connectivity index (χ2n) is 2.97. The summed E-state index contributed by atoms with van der Waals surface area (Å²) < 4.78 is 4.70. The number of nitrogens with one attached hydrogen (secondary N) is 1. The van der Waals surface area contributed by atoms with Gasteiger partial charge in [0.25, 0.3) is 11.9 Å². The van der Waals surface area contributed by atoms with Gasteiger partial charge >= 0.3 is 5.88 Å². The van der Waals surface area contributed by atoms with Crippen molar-refractivity contribution in [1.82, 2.24) is 20.2 Å². The van der Waals surface area contributed by atoms with Gasteiger partial charge in [0.1, 0.15) is 4.92 Å². The highest BCUT2D eigenvalue weighted by Crippen LogP contribution is 2.16. The van der Waals surface area contributed by atoms with Gasteiger partial charge in [-0.15, -0.1) is 9.90 Å². The number of amides is 1. The van der Waals surface area contributed by atoms with Crippen LogP contribution in [0.4, 0.5) is 11.8 Å². The predicted molar refractivity (Wildman–Crippen MR) is 57.5 cm³/mol. The molecule has 92 valence electrons. The summed E-state index contributed by atoms with van der Waals surface area (Å²) in [7, 11) is 0. The number of carbonyl (C=O) groups excluding carboxylic acids is 1. The Morgan fingerprint density at radius 3 is 2.94 bits per heavy atom. The Kier molecular flexibility index (Phi) is 2.83. The summed E-state index contributed by atoms with van der Waals surface area (Å²) in [4.78, 5) is 22.2. The summed E-state index contributed by atoms with van der Waals surface area (Å²) in [6.45, 7) is 3.40. The van der Waals surface area contributed by atoms with E-state index in [1.54, 1.807) is 0 Å². The summed E-state index contributed by atoms with van der Waals surface area (Å²) in [5.74, 6) is -1.54. The van der Waals surface area contributed by atoms with Crippen molar-refractivity contribution in [2.24, 2.45) is 0 Å². The topological polar surface area (TPSA) is 129 Å². The number of hydrogen-bond acceptors (Lipinski definition) is 7. The van der Waals surface area contributed by atoms with E-state index in [4.69, 9.17) is 4.42 Å². The molecule has 2 aromatic rings. The van der Waals surface area contributed by atoms with Crippen LogP contribution in [0, 0.1) is 10.1 Å². The van der Waals surface area contributed by atoms with Gasteiger partial charge in [-0.2, -0.15) is 0 Å². The fourth-order valence-electron chi connectivity index (χ4n) is 1.06. The quantitative estimate of drug-likeness (QED) is 0.618. The second-order valence-corrected chi connectivity index (χ2v) is 2.97. The average Bonchev–Trinajstić information content (AvgIpc) is 2.97. The van der Waals surface area contributed by atoms with Gasteiger partial charge in [0.05, 0.1) is 6.07 Å². The van der Waals surface area contributed by atoms with Gasteiger partial charge in [-0.1, -0.05) is 11.7 Å². The average molecular weight is 250 g/mol. The van der Waals surface area contributed by atoms with E-state index < -0.39 is 16.7 Å². The lowest BCUT2D eigenvalue weighted by molar-refractivity contribution is -0.402. The van der Waals surface area contributed by atoms with Crippen molar-refractivity contribution < 1.29 is 14.1 Å². The van der Waals surface area contributed by atoms with Crippen LogP contribution in [0.5, 0.6) is 0 Å². The molecule has 2 heterocycles. The van der Waals surface area contributed by atoms with Crippen molar-refractivity contribution in [3.63, 3.8) is 0 Å². The summed E-state index contributed by atoms with van der Waals surface area (Å²) in [5.41, 5.74) is 0. The first-order chi connectivity index (χ1) is 8.60. The maximum Gasteiger partial charge on any atom is 0.433 e. The third kappa shape index (κ3) is 2.21. The van der Waals surface area contributed by atoms with Crippen molar-refractivity contribution in [3.8, 4) is 0 Å². The van der Waals surface area contributed by atoms with Crippen LogP contribution >= 0.6 is 0 Å². The number of tetrazole rings is 1. The molecule has 0 aliphatic rings. The molecule has 0 spiro atoms. The highest BCUT2D eigenvalue weighted by molar-refractivity contribution is 6.01. The van der Waals surface area contributed by atoms with Crippen molar-refractivity contribution in [1.29, 1.82) is 0 Å². The third-order valence-corrected chi connectivity index (χ3v) is 1.81. The van der Waals surface area contributed by atoms with Gasteiger partial charge in [0, 0.05) is 6.20 Å². The molecule has 0 atom stereocenters. The Labute approximate surface area is 99.0 Å². The zero-order valence-corrected chi connectivity index (χ0v) is 8.81. The van der Waals surface area contributed by atoms with Gasteiger partial charge in [0.15, 0.2) is 5.76 Å².